The van der Waals surface area contributed by atoms with Crippen molar-refractivity contribution in [3.63, 3.8) is 0 Å². The lowest BCUT2D eigenvalue weighted by Gasteiger charge is -2.20. The number of H-pyrrole nitrogens is 1. The average Bonchev–Trinajstić information content (AvgIpc) is 2.54. The summed E-state index contributed by atoms with van der Waals surface area (Å²) in [6.45, 7) is 0.943. The third kappa shape index (κ3) is 2.31. The summed E-state index contributed by atoms with van der Waals surface area (Å²) in [7, 11) is 0. The second-order valence-corrected chi connectivity index (χ2v) is 4.79. The van der Waals surface area contributed by atoms with Gasteiger partial charge in [-0.15, -0.1) is 0 Å². The highest BCUT2D eigenvalue weighted by Gasteiger charge is 2.14. The fourth-order valence-electron chi connectivity index (χ4n) is 1.54. The molecule has 1 aliphatic heterocycles. The number of thioether (sulfide) groups is 1. The first kappa shape index (κ1) is 9.21. The topological polar surface area (TPSA) is 46.5 Å². The molecule has 1 N–H and O–H groups in total. The Morgan fingerprint density at radius 1 is 1.69 bits per heavy atom. The SMILES string of the molecule is S=c1nn[nH]n1CC1CCCSC1. The van der Waals surface area contributed by atoms with Crippen molar-refractivity contribution < 1.29 is 0 Å². The summed E-state index contributed by atoms with van der Waals surface area (Å²) < 4.78 is 2.42. The Kier molecular flexibility index (Phi) is 3.00. The number of nitrogens with zero attached hydrogens (tertiary/aromatic N) is 3. The molecule has 1 unspecified atom stereocenters. The van der Waals surface area contributed by atoms with Crippen molar-refractivity contribution >= 4 is 24.0 Å². The van der Waals surface area contributed by atoms with E-state index in [1.807, 2.05) is 16.4 Å². The standard InChI is InChI=1S/C7H12N4S2/c12-7-8-9-10-11(7)4-6-2-1-3-13-5-6/h6H,1-5H2,(H,8,10,12). The minimum Gasteiger partial charge on any atom is -0.242 e. The number of rotatable bonds is 2. The maximum atomic E-state index is 5.01. The van der Waals surface area contributed by atoms with Gasteiger partial charge < -0.3 is 0 Å². The zero-order valence-corrected chi connectivity index (χ0v) is 8.90. The number of nitrogens with one attached hydrogen (secondary N) is 1. The molecule has 0 saturated carbocycles. The molecule has 2 rings (SSSR count). The summed E-state index contributed by atoms with van der Waals surface area (Å²) >= 11 is 7.03. The highest BCUT2D eigenvalue weighted by Crippen LogP contribution is 2.23. The first-order chi connectivity index (χ1) is 6.36. The predicted molar refractivity (Wildman–Crippen MR) is 55.3 cm³/mol. The molecule has 1 aromatic rings. The Hall–Kier alpha value is -0.360. The van der Waals surface area contributed by atoms with Crippen molar-refractivity contribution in [3.8, 4) is 0 Å². The minimum absolute atomic E-state index is 0.565. The number of aromatic nitrogens is 4. The normalized spacial score (nSPS) is 23.2. The van der Waals surface area contributed by atoms with Crippen molar-refractivity contribution in [2.24, 2.45) is 5.92 Å². The van der Waals surface area contributed by atoms with Crippen LogP contribution in [0.5, 0.6) is 0 Å². The molecule has 1 fully saturated rings. The summed E-state index contributed by atoms with van der Waals surface area (Å²) in [5.41, 5.74) is 0. The van der Waals surface area contributed by atoms with Crippen molar-refractivity contribution in [1.29, 1.82) is 0 Å². The molecule has 0 aromatic carbocycles. The van der Waals surface area contributed by atoms with Crippen LogP contribution in [0.3, 0.4) is 0 Å². The van der Waals surface area contributed by atoms with Gasteiger partial charge in [-0.3, -0.25) is 0 Å². The van der Waals surface area contributed by atoms with Crippen LogP contribution in [-0.2, 0) is 6.54 Å². The van der Waals surface area contributed by atoms with Crippen LogP contribution in [0, 0.1) is 10.7 Å². The second kappa shape index (κ2) is 4.23. The van der Waals surface area contributed by atoms with Gasteiger partial charge in [0.2, 0.25) is 4.77 Å². The Morgan fingerprint density at radius 2 is 2.62 bits per heavy atom. The molecule has 1 aliphatic rings. The first-order valence-electron chi connectivity index (χ1n) is 4.42. The predicted octanol–water partition coefficient (Wildman–Crippen LogP) is 1.48. The minimum atomic E-state index is 0.565. The lowest BCUT2D eigenvalue weighted by Crippen LogP contribution is -2.18. The monoisotopic (exact) mass is 216 g/mol. The molecule has 4 nitrogen and oxygen atoms in total. The largest absolute Gasteiger partial charge is 0.242 e. The fourth-order valence-corrected chi connectivity index (χ4v) is 2.84. The van der Waals surface area contributed by atoms with Crippen LogP contribution >= 0.6 is 24.0 Å². The number of aromatic amines is 1. The van der Waals surface area contributed by atoms with Crippen LogP contribution in [0.25, 0.3) is 0 Å². The quantitative estimate of drug-likeness (QED) is 0.761. The van der Waals surface area contributed by atoms with Gasteiger partial charge in [-0.1, -0.05) is 10.3 Å². The van der Waals surface area contributed by atoms with Crippen molar-refractivity contribution in [1.82, 2.24) is 20.2 Å². The maximum absolute atomic E-state index is 5.01. The van der Waals surface area contributed by atoms with Crippen LogP contribution < -0.4 is 0 Å². The Balaban J connectivity index is 1.97. The molecule has 0 aliphatic carbocycles. The van der Waals surface area contributed by atoms with Gasteiger partial charge in [-0.2, -0.15) is 17.0 Å². The third-order valence-electron chi connectivity index (χ3n) is 2.23. The molecule has 6 heteroatoms. The zero-order chi connectivity index (χ0) is 9.10. The highest BCUT2D eigenvalue weighted by molar-refractivity contribution is 7.99. The van der Waals surface area contributed by atoms with E-state index in [1.165, 1.54) is 24.3 Å². The molecule has 0 spiro atoms. The van der Waals surface area contributed by atoms with Crippen molar-refractivity contribution in [3.05, 3.63) is 4.77 Å². The summed E-state index contributed by atoms with van der Waals surface area (Å²) in [6, 6.07) is 0. The van der Waals surface area contributed by atoms with Crippen LogP contribution in [0.15, 0.2) is 0 Å². The Morgan fingerprint density at radius 3 is 3.23 bits per heavy atom. The van der Waals surface area contributed by atoms with Gasteiger partial charge in [0.15, 0.2) is 0 Å². The molecular formula is C7H12N4S2. The second-order valence-electron chi connectivity index (χ2n) is 3.28. The van der Waals surface area contributed by atoms with E-state index < -0.39 is 0 Å². The molecule has 0 bridgehead atoms. The van der Waals surface area contributed by atoms with E-state index in [9.17, 15) is 0 Å². The van der Waals surface area contributed by atoms with Gasteiger partial charge in [0.05, 0.1) is 0 Å². The van der Waals surface area contributed by atoms with E-state index >= 15 is 0 Å². The first-order valence-corrected chi connectivity index (χ1v) is 5.98. The number of tetrazole rings is 1. The van der Waals surface area contributed by atoms with Crippen LogP contribution in [0.2, 0.25) is 0 Å². The van der Waals surface area contributed by atoms with E-state index in [2.05, 4.69) is 15.5 Å². The number of hydrogen-bond acceptors (Lipinski definition) is 4. The molecular weight excluding hydrogens is 204 g/mol. The molecule has 1 saturated heterocycles. The average molecular weight is 216 g/mol. The molecule has 1 atom stereocenters. The van der Waals surface area contributed by atoms with Crippen molar-refractivity contribution in [2.75, 3.05) is 11.5 Å². The Bertz CT molecular complexity index is 312. The van der Waals surface area contributed by atoms with Crippen LogP contribution in [-0.4, -0.2) is 31.7 Å². The fraction of sp³-hybridized carbons (Fsp3) is 0.857. The highest BCUT2D eigenvalue weighted by atomic mass is 32.2. The van der Waals surface area contributed by atoms with Crippen molar-refractivity contribution in [2.45, 2.75) is 19.4 Å². The summed E-state index contributed by atoms with van der Waals surface area (Å²) in [5.74, 6) is 3.27. The summed E-state index contributed by atoms with van der Waals surface area (Å²) in [4.78, 5) is 0. The van der Waals surface area contributed by atoms with Gasteiger partial charge >= 0.3 is 0 Å². The van der Waals surface area contributed by atoms with E-state index in [-0.39, 0.29) is 0 Å². The van der Waals surface area contributed by atoms with Gasteiger partial charge in [0.25, 0.3) is 0 Å². The van der Waals surface area contributed by atoms with Gasteiger partial charge in [-0.25, -0.2) is 4.68 Å². The molecule has 2 heterocycles. The maximum Gasteiger partial charge on any atom is 0.238 e. The number of hydrogen-bond donors (Lipinski definition) is 1. The molecule has 13 heavy (non-hydrogen) atoms. The van der Waals surface area contributed by atoms with Gasteiger partial charge in [0.1, 0.15) is 0 Å². The van der Waals surface area contributed by atoms with E-state index in [0.29, 0.717) is 4.77 Å². The summed E-state index contributed by atoms with van der Waals surface area (Å²) in [5, 5.41) is 10.2. The lowest BCUT2D eigenvalue weighted by molar-refractivity contribution is 0.411. The summed E-state index contributed by atoms with van der Waals surface area (Å²) in [6.07, 6.45) is 2.62. The van der Waals surface area contributed by atoms with Crippen LogP contribution in [0.4, 0.5) is 0 Å². The van der Waals surface area contributed by atoms with E-state index in [4.69, 9.17) is 12.2 Å². The molecule has 72 valence electrons. The lowest BCUT2D eigenvalue weighted by atomic mass is 10.1. The molecule has 0 radical (unpaired) electrons. The smallest absolute Gasteiger partial charge is 0.238 e. The van der Waals surface area contributed by atoms with E-state index in [1.54, 1.807) is 0 Å². The molecule has 0 amide bonds. The zero-order valence-electron chi connectivity index (χ0n) is 7.27. The van der Waals surface area contributed by atoms with E-state index in [0.717, 1.165) is 12.5 Å². The Labute approximate surface area is 86.1 Å². The van der Waals surface area contributed by atoms with Crippen LogP contribution in [0.1, 0.15) is 12.8 Å². The molecule has 1 aromatic heterocycles. The van der Waals surface area contributed by atoms with Gasteiger partial charge in [0, 0.05) is 6.54 Å². The third-order valence-corrected chi connectivity index (χ3v) is 3.81. The van der Waals surface area contributed by atoms with Gasteiger partial charge in [-0.05, 0) is 42.5 Å².